The van der Waals surface area contributed by atoms with Crippen LogP contribution in [-0.2, 0) is 13.1 Å². The Morgan fingerprint density at radius 1 is 1.24 bits per heavy atom. The molecule has 2 unspecified atom stereocenters. The summed E-state index contributed by atoms with van der Waals surface area (Å²) in [5, 5.41) is 16.3. The number of urea groups is 1. The van der Waals surface area contributed by atoms with Gasteiger partial charge in [0.25, 0.3) is 0 Å². The first-order chi connectivity index (χ1) is 15.5. The number of hydrogen-bond acceptors (Lipinski definition) is 5. The van der Waals surface area contributed by atoms with E-state index in [0.29, 0.717) is 29.2 Å². The van der Waals surface area contributed by atoms with Crippen LogP contribution in [0.4, 0.5) is 14.9 Å². The van der Waals surface area contributed by atoms with E-state index in [4.69, 9.17) is 5.73 Å². The number of aliphatic imine (C=N–C) groups is 1. The van der Waals surface area contributed by atoms with E-state index < -0.39 is 17.6 Å². The zero-order chi connectivity index (χ0) is 24.3. The van der Waals surface area contributed by atoms with Gasteiger partial charge in [0, 0.05) is 17.8 Å². The van der Waals surface area contributed by atoms with Gasteiger partial charge in [0.05, 0.1) is 6.54 Å². The van der Waals surface area contributed by atoms with E-state index >= 15 is 0 Å². The van der Waals surface area contributed by atoms with Crippen LogP contribution in [0.5, 0.6) is 0 Å². The number of aliphatic hydroxyl groups excluding tert-OH is 1. The second-order valence-corrected chi connectivity index (χ2v) is 9.54. The quantitative estimate of drug-likeness (QED) is 0.506. The normalized spacial score (nSPS) is 20.2. The van der Waals surface area contributed by atoms with Crippen LogP contribution in [0.2, 0.25) is 0 Å². The Morgan fingerprint density at radius 2 is 1.91 bits per heavy atom. The van der Waals surface area contributed by atoms with Crippen molar-refractivity contribution in [2.24, 2.45) is 16.6 Å². The zero-order valence-electron chi connectivity index (χ0n) is 19.9. The molecule has 1 heterocycles. The summed E-state index contributed by atoms with van der Waals surface area (Å²) in [6.07, 6.45) is -0.252. The molecule has 0 aliphatic carbocycles. The van der Waals surface area contributed by atoms with Gasteiger partial charge in [0.2, 0.25) is 0 Å². The molecule has 5 N–H and O–H groups in total. The van der Waals surface area contributed by atoms with Crippen LogP contribution in [0.1, 0.15) is 49.4 Å². The van der Waals surface area contributed by atoms with Crippen molar-refractivity contribution >= 4 is 17.7 Å². The highest BCUT2D eigenvalue weighted by molar-refractivity contribution is 5.89. The molecule has 2 aromatic carbocycles. The molecule has 178 valence electrons. The summed E-state index contributed by atoms with van der Waals surface area (Å²) in [4.78, 5) is 18.2. The molecule has 3 rings (SSSR count). The molecule has 8 heteroatoms. The summed E-state index contributed by atoms with van der Waals surface area (Å²) in [6, 6.07) is 10.2. The molecule has 0 aromatic heterocycles. The van der Waals surface area contributed by atoms with Crippen molar-refractivity contribution in [3.05, 3.63) is 64.5 Å². The predicted molar refractivity (Wildman–Crippen MR) is 129 cm³/mol. The standard InChI is InChI=1S/C25H34FN5O2/c1-15(2)12-25(5)22(32)31(23(27)30-25)14-19-7-6-18(11-21(19)26)13-28-24(33)29-20-9-16(3)8-17(4)10-20/h6-11,15,22,32H,12-14H2,1-5H3,(H2,27,30)(H2,28,29,33). The van der Waals surface area contributed by atoms with E-state index in [9.17, 15) is 14.3 Å². The number of aryl methyl sites for hydroxylation is 2. The lowest BCUT2D eigenvalue weighted by atomic mass is 9.90. The summed E-state index contributed by atoms with van der Waals surface area (Å²) < 4.78 is 14.8. The smallest absolute Gasteiger partial charge is 0.319 e. The van der Waals surface area contributed by atoms with Crippen molar-refractivity contribution in [2.45, 2.75) is 65.9 Å². The van der Waals surface area contributed by atoms with Gasteiger partial charge in [-0.1, -0.05) is 32.0 Å². The number of carbonyl (C=O) groups is 1. The van der Waals surface area contributed by atoms with Gasteiger partial charge < -0.3 is 26.4 Å². The van der Waals surface area contributed by atoms with Crippen LogP contribution < -0.4 is 16.4 Å². The molecule has 0 spiro atoms. The Hall–Kier alpha value is -3.13. The lowest BCUT2D eigenvalue weighted by Gasteiger charge is -2.32. The molecule has 7 nitrogen and oxygen atoms in total. The fourth-order valence-corrected chi connectivity index (χ4v) is 4.41. The third kappa shape index (κ3) is 6.01. The molecule has 2 amide bonds. The molecule has 1 aliphatic rings. The number of hydrogen-bond donors (Lipinski definition) is 4. The van der Waals surface area contributed by atoms with Gasteiger partial charge >= 0.3 is 6.03 Å². The Morgan fingerprint density at radius 3 is 2.52 bits per heavy atom. The number of aliphatic hydroxyl groups is 1. The third-order valence-corrected chi connectivity index (χ3v) is 5.73. The molecule has 2 atom stereocenters. The minimum atomic E-state index is -0.922. The van der Waals surface area contributed by atoms with Crippen molar-refractivity contribution in [1.82, 2.24) is 10.2 Å². The Labute approximate surface area is 194 Å². The minimum absolute atomic E-state index is 0.108. The number of halogens is 1. The van der Waals surface area contributed by atoms with Gasteiger partial charge in [0.15, 0.2) is 12.2 Å². The van der Waals surface area contributed by atoms with Crippen LogP contribution >= 0.6 is 0 Å². The maximum atomic E-state index is 14.8. The van der Waals surface area contributed by atoms with Crippen LogP contribution in [0.15, 0.2) is 41.4 Å². The fourth-order valence-electron chi connectivity index (χ4n) is 4.41. The van der Waals surface area contributed by atoms with Crippen molar-refractivity contribution in [1.29, 1.82) is 0 Å². The summed E-state index contributed by atoms with van der Waals surface area (Å²) in [6.45, 7) is 10.2. The molecular formula is C25H34FN5O2. The number of nitrogens with two attached hydrogens (primary N) is 1. The molecule has 33 heavy (non-hydrogen) atoms. The van der Waals surface area contributed by atoms with Gasteiger partial charge in [-0.3, -0.25) is 0 Å². The average molecular weight is 456 g/mol. The van der Waals surface area contributed by atoms with Crippen LogP contribution in [0, 0.1) is 25.6 Å². The zero-order valence-corrected chi connectivity index (χ0v) is 19.9. The minimum Gasteiger partial charge on any atom is -0.371 e. The van der Waals surface area contributed by atoms with Crippen molar-refractivity contribution < 1.29 is 14.3 Å². The number of carbonyl (C=O) groups excluding carboxylic acids is 1. The Balaban J connectivity index is 1.60. The van der Waals surface area contributed by atoms with Gasteiger partial charge in [0.1, 0.15) is 11.4 Å². The van der Waals surface area contributed by atoms with E-state index in [1.807, 2.05) is 39.0 Å². The topological polar surface area (TPSA) is 103 Å². The molecular weight excluding hydrogens is 421 g/mol. The number of nitrogens with zero attached hydrogens (tertiary/aromatic N) is 2. The lowest BCUT2D eigenvalue weighted by Crippen LogP contribution is -2.47. The van der Waals surface area contributed by atoms with Crippen molar-refractivity contribution in [3.8, 4) is 0 Å². The number of rotatable bonds is 7. The lowest BCUT2D eigenvalue weighted by molar-refractivity contribution is -0.000158. The van der Waals surface area contributed by atoms with Crippen LogP contribution in [0.25, 0.3) is 0 Å². The number of guanidine groups is 1. The van der Waals surface area contributed by atoms with Crippen LogP contribution in [-0.4, -0.2) is 33.8 Å². The van der Waals surface area contributed by atoms with Gasteiger partial charge in [-0.15, -0.1) is 0 Å². The summed E-state index contributed by atoms with van der Waals surface area (Å²) >= 11 is 0. The molecule has 0 bridgehead atoms. The second-order valence-electron chi connectivity index (χ2n) is 9.54. The molecule has 0 saturated heterocycles. The Kier molecular flexibility index (Phi) is 7.27. The maximum absolute atomic E-state index is 14.8. The SMILES string of the molecule is Cc1cc(C)cc(NC(=O)NCc2ccc(CN3C(N)=NC(C)(CC(C)C)C3O)c(F)c2)c1. The number of benzene rings is 2. The molecule has 1 aliphatic heterocycles. The highest BCUT2D eigenvalue weighted by Crippen LogP contribution is 2.33. The molecule has 0 fully saturated rings. The average Bonchev–Trinajstić information content (AvgIpc) is 2.89. The van der Waals surface area contributed by atoms with Gasteiger partial charge in [-0.25, -0.2) is 14.2 Å². The largest absolute Gasteiger partial charge is 0.371 e. The Bertz CT molecular complexity index is 1030. The van der Waals surface area contributed by atoms with E-state index in [2.05, 4.69) is 29.5 Å². The highest BCUT2D eigenvalue weighted by Gasteiger charge is 2.44. The maximum Gasteiger partial charge on any atom is 0.319 e. The van der Waals surface area contributed by atoms with Crippen molar-refractivity contribution in [2.75, 3.05) is 5.32 Å². The summed E-state index contributed by atoms with van der Waals surface area (Å²) in [7, 11) is 0. The van der Waals surface area contributed by atoms with Gasteiger partial charge in [-0.05, 0) is 68.0 Å². The number of nitrogens with one attached hydrogen (secondary N) is 2. The molecule has 0 radical (unpaired) electrons. The van der Waals surface area contributed by atoms with E-state index in [-0.39, 0.29) is 25.1 Å². The van der Waals surface area contributed by atoms with E-state index in [1.165, 1.54) is 11.0 Å². The number of anilines is 1. The third-order valence-electron chi connectivity index (χ3n) is 5.73. The first kappa shape index (κ1) is 24.5. The summed E-state index contributed by atoms with van der Waals surface area (Å²) in [5.74, 6) is 0.108. The summed E-state index contributed by atoms with van der Waals surface area (Å²) in [5.41, 5.74) is 9.17. The fraction of sp³-hybridized carbons (Fsp3) is 0.440. The van der Waals surface area contributed by atoms with Crippen molar-refractivity contribution in [3.63, 3.8) is 0 Å². The highest BCUT2D eigenvalue weighted by atomic mass is 19.1. The van der Waals surface area contributed by atoms with Gasteiger partial charge in [-0.2, -0.15) is 0 Å². The predicted octanol–water partition coefficient (Wildman–Crippen LogP) is 4.02. The monoisotopic (exact) mass is 455 g/mol. The molecule has 0 saturated carbocycles. The number of amides is 2. The molecule has 2 aromatic rings. The van der Waals surface area contributed by atoms with E-state index in [1.54, 1.807) is 12.1 Å². The van der Waals surface area contributed by atoms with E-state index in [0.717, 1.165) is 11.1 Å². The first-order valence-corrected chi connectivity index (χ1v) is 11.2. The van der Waals surface area contributed by atoms with Crippen LogP contribution in [0.3, 0.4) is 0 Å². The first-order valence-electron chi connectivity index (χ1n) is 11.2. The second kappa shape index (κ2) is 9.79.